The van der Waals surface area contributed by atoms with Crippen LogP contribution in [-0.4, -0.2) is 72.4 Å². The molecule has 7 heteroatoms. The van der Waals surface area contributed by atoms with Gasteiger partial charge in [0, 0.05) is 25.7 Å². The number of ether oxygens (including phenoxy) is 1. The van der Waals surface area contributed by atoms with Gasteiger partial charge in [0.05, 0.1) is 19.3 Å². The Bertz CT molecular complexity index is 784. The number of hydrogen-bond acceptors (Lipinski definition) is 5. The molecule has 1 amide bonds. The molecule has 0 radical (unpaired) electrons. The zero-order valence-corrected chi connectivity index (χ0v) is 16.7. The van der Waals surface area contributed by atoms with Crippen molar-refractivity contribution in [2.45, 2.75) is 13.3 Å². The minimum Gasteiger partial charge on any atom is -0.497 e. The highest BCUT2D eigenvalue weighted by Gasteiger charge is 2.20. The molecule has 1 N–H and O–H groups in total. The molecule has 2 heterocycles. The number of carbonyl (C=O) groups excluding carboxylic acids is 1. The standard InChI is InChI=1S/C20H29N5O2/c1-15-19(16-6-8-17(27-4)9-7-16)20(24(3)22-15)21-18(26)14-25-11-5-10-23(2)12-13-25/h6-9H,5,10-14H2,1-4H3,(H,21,26). The summed E-state index contributed by atoms with van der Waals surface area (Å²) in [7, 11) is 5.64. The molecule has 146 valence electrons. The summed E-state index contributed by atoms with van der Waals surface area (Å²) in [6.45, 7) is 6.31. The Balaban J connectivity index is 1.75. The molecule has 0 spiro atoms. The van der Waals surface area contributed by atoms with Crippen LogP contribution < -0.4 is 10.1 Å². The Morgan fingerprint density at radius 1 is 1.15 bits per heavy atom. The molecule has 1 aromatic heterocycles. The zero-order chi connectivity index (χ0) is 19.4. The number of methoxy groups -OCH3 is 1. The molecule has 3 rings (SSSR count). The van der Waals surface area contributed by atoms with E-state index in [2.05, 4.69) is 27.3 Å². The van der Waals surface area contributed by atoms with Crippen molar-refractivity contribution in [2.75, 3.05) is 52.2 Å². The van der Waals surface area contributed by atoms with Crippen LogP contribution in [-0.2, 0) is 11.8 Å². The first-order chi connectivity index (χ1) is 13.0. The van der Waals surface area contributed by atoms with E-state index < -0.39 is 0 Å². The molecular weight excluding hydrogens is 342 g/mol. The number of amides is 1. The highest BCUT2D eigenvalue weighted by Crippen LogP contribution is 2.32. The smallest absolute Gasteiger partial charge is 0.239 e. The van der Waals surface area contributed by atoms with E-state index in [0.29, 0.717) is 6.54 Å². The summed E-state index contributed by atoms with van der Waals surface area (Å²) in [6, 6.07) is 7.81. The maximum Gasteiger partial charge on any atom is 0.239 e. The Morgan fingerprint density at radius 2 is 1.89 bits per heavy atom. The van der Waals surface area contributed by atoms with Crippen LogP contribution >= 0.6 is 0 Å². The van der Waals surface area contributed by atoms with Gasteiger partial charge in [0.25, 0.3) is 0 Å². The Labute approximate surface area is 160 Å². The van der Waals surface area contributed by atoms with E-state index in [9.17, 15) is 4.79 Å². The average Bonchev–Trinajstić information content (AvgIpc) is 2.79. The first kappa shape index (κ1) is 19.4. The van der Waals surface area contributed by atoms with Gasteiger partial charge in [0.15, 0.2) is 0 Å². The predicted molar refractivity (Wildman–Crippen MR) is 107 cm³/mol. The van der Waals surface area contributed by atoms with Crippen LogP contribution in [0.3, 0.4) is 0 Å². The van der Waals surface area contributed by atoms with Crippen molar-refractivity contribution < 1.29 is 9.53 Å². The number of rotatable bonds is 5. The number of nitrogens with zero attached hydrogens (tertiary/aromatic N) is 4. The minimum absolute atomic E-state index is 0.00249. The molecule has 0 saturated carbocycles. The third-order valence-electron chi connectivity index (χ3n) is 5.04. The second-order valence-corrected chi connectivity index (χ2v) is 7.14. The normalized spacial score (nSPS) is 16.1. The van der Waals surface area contributed by atoms with Gasteiger partial charge in [0.2, 0.25) is 5.91 Å². The summed E-state index contributed by atoms with van der Waals surface area (Å²) in [5.74, 6) is 1.53. The molecule has 0 atom stereocenters. The van der Waals surface area contributed by atoms with Gasteiger partial charge in [0.1, 0.15) is 11.6 Å². The van der Waals surface area contributed by atoms with Crippen LogP contribution in [0.5, 0.6) is 5.75 Å². The third-order valence-corrected chi connectivity index (χ3v) is 5.04. The van der Waals surface area contributed by atoms with Crippen molar-refractivity contribution in [3.8, 4) is 16.9 Å². The second kappa shape index (κ2) is 8.54. The number of benzene rings is 1. The summed E-state index contributed by atoms with van der Waals surface area (Å²) in [5.41, 5.74) is 2.84. The lowest BCUT2D eigenvalue weighted by Crippen LogP contribution is -2.36. The van der Waals surface area contributed by atoms with E-state index in [1.54, 1.807) is 11.8 Å². The molecule has 1 fully saturated rings. The van der Waals surface area contributed by atoms with Crippen LogP contribution in [0.2, 0.25) is 0 Å². The lowest BCUT2D eigenvalue weighted by molar-refractivity contribution is -0.117. The zero-order valence-electron chi connectivity index (χ0n) is 16.7. The van der Waals surface area contributed by atoms with Crippen molar-refractivity contribution in [2.24, 2.45) is 7.05 Å². The van der Waals surface area contributed by atoms with Gasteiger partial charge in [-0.05, 0) is 51.2 Å². The van der Waals surface area contributed by atoms with Gasteiger partial charge < -0.3 is 15.0 Å². The third kappa shape index (κ3) is 4.67. The van der Waals surface area contributed by atoms with Crippen LogP contribution in [0, 0.1) is 6.92 Å². The molecule has 1 aliphatic heterocycles. The van der Waals surface area contributed by atoms with E-state index in [0.717, 1.165) is 61.0 Å². The van der Waals surface area contributed by atoms with Gasteiger partial charge in [-0.2, -0.15) is 5.10 Å². The van der Waals surface area contributed by atoms with Crippen LogP contribution in [0.15, 0.2) is 24.3 Å². The van der Waals surface area contributed by atoms with E-state index in [1.165, 1.54) is 0 Å². The highest BCUT2D eigenvalue weighted by atomic mass is 16.5. The summed E-state index contributed by atoms with van der Waals surface area (Å²) in [5, 5.41) is 7.59. The molecular formula is C20H29N5O2. The first-order valence-corrected chi connectivity index (χ1v) is 9.36. The van der Waals surface area contributed by atoms with Gasteiger partial charge in [-0.1, -0.05) is 12.1 Å². The Kier molecular flexibility index (Phi) is 6.13. The molecule has 7 nitrogen and oxygen atoms in total. The molecule has 1 aromatic carbocycles. The number of aromatic nitrogens is 2. The first-order valence-electron chi connectivity index (χ1n) is 9.36. The van der Waals surface area contributed by atoms with Gasteiger partial charge >= 0.3 is 0 Å². The second-order valence-electron chi connectivity index (χ2n) is 7.14. The molecule has 1 saturated heterocycles. The average molecular weight is 371 g/mol. The fraction of sp³-hybridized carbons (Fsp3) is 0.500. The maximum absolute atomic E-state index is 12.7. The van der Waals surface area contributed by atoms with Crippen LogP contribution in [0.1, 0.15) is 12.1 Å². The fourth-order valence-corrected chi connectivity index (χ4v) is 3.54. The van der Waals surface area contributed by atoms with Crippen molar-refractivity contribution in [3.63, 3.8) is 0 Å². The van der Waals surface area contributed by atoms with E-state index in [4.69, 9.17) is 4.74 Å². The topological polar surface area (TPSA) is 62.6 Å². The van der Waals surface area contributed by atoms with Gasteiger partial charge in [-0.3, -0.25) is 14.4 Å². The maximum atomic E-state index is 12.7. The van der Waals surface area contributed by atoms with Crippen LogP contribution in [0.25, 0.3) is 11.1 Å². The van der Waals surface area contributed by atoms with E-state index in [-0.39, 0.29) is 5.91 Å². The Morgan fingerprint density at radius 3 is 2.59 bits per heavy atom. The minimum atomic E-state index is -0.00249. The van der Waals surface area contributed by atoms with E-state index >= 15 is 0 Å². The summed E-state index contributed by atoms with van der Waals surface area (Å²) >= 11 is 0. The summed E-state index contributed by atoms with van der Waals surface area (Å²) in [4.78, 5) is 17.2. The van der Waals surface area contributed by atoms with Crippen molar-refractivity contribution >= 4 is 11.7 Å². The van der Waals surface area contributed by atoms with E-state index in [1.807, 2.05) is 38.2 Å². The lowest BCUT2D eigenvalue weighted by atomic mass is 10.1. The SMILES string of the molecule is COc1ccc(-c2c(C)nn(C)c2NC(=O)CN2CCCN(C)CC2)cc1. The molecule has 0 unspecified atom stereocenters. The van der Waals surface area contributed by atoms with Crippen molar-refractivity contribution in [1.82, 2.24) is 19.6 Å². The highest BCUT2D eigenvalue weighted by molar-refractivity contribution is 5.96. The van der Waals surface area contributed by atoms with Gasteiger partial charge in [-0.25, -0.2) is 0 Å². The van der Waals surface area contributed by atoms with Crippen LogP contribution in [0.4, 0.5) is 5.82 Å². The summed E-state index contributed by atoms with van der Waals surface area (Å²) in [6.07, 6.45) is 1.09. The number of likely N-dealkylation sites (N-methyl/N-ethyl adjacent to an activating group) is 1. The Hall–Kier alpha value is -2.38. The fourth-order valence-electron chi connectivity index (χ4n) is 3.54. The molecule has 2 aromatic rings. The number of aryl methyl sites for hydroxylation is 2. The van der Waals surface area contributed by atoms with Crippen molar-refractivity contribution in [3.05, 3.63) is 30.0 Å². The quantitative estimate of drug-likeness (QED) is 0.871. The lowest BCUT2D eigenvalue weighted by Gasteiger charge is -2.19. The number of carbonyl (C=O) groups is 1. The molecule has 27 heavy (non-hydrogen) atoms. The largest absolute Gasteiger partial charge is 0.497 e. The summed E-state index contributed by atoms with van der Waals surface area (Å²) < 4.78 is 6.98. The number of anilines is 1. The van der Waals surface area contributed by atoms with Gasteiger partial charge in [-0.15, -0.1) is 0 Å². The number of hydrogen-bond donors (Lipinski definition) is 1. The molecule has 1 aliphatic rings. The monoisotopic (exact) mass is 371 g/mol. The molecule has 0 bridgehead atoms. The van der Waals surface area contributed by atoms with Crippen molar-refractivity contribution in [1.29, 1.82) is 0 Å². The number of nitrogens with one attached hydrogen (secondary N) is 1. The predicted octanol–water partition coefficient (Wildman–Crippen LogP) is 1.98. The molecule has 0 aliphatic carbocycles.